The number of nitroso groups, excluding NO2 is 1. The number of hydrogen-bond acceptors (Lipinski definition) is 4. The van der Waals surface area contributed by atoms with Crippen LogP contribution in [0.4, 0.5) is 0 Å². The maximum absolute atomic E-state index is 12.1. The first kappa shape index (κ1) is 18.1. The third-order valence-corrected chi connectivity index (χ3v) is 4.40. The summed E-state index contributed by atoms with van der Waals surface area (Å²) < 4.78 is 0. The molecule has 0 bridgehead atoms. The number of carbonyl (C=O) groups is 1. The first-order valence-corrected chi connectivity index (χ1v) is 8.23. The molecule has 0 spiro atoms. The fourth-order valence-corrected chi connectivity index (χ4v) is 2.91. The van der Waals surface area contributed by atoms with Gasteiger partial charge in [-0.1, -0.05) is 53.2 Å². The summed E-state index contributed by atoms with van der Waals surface area (Å²) in [5, 5.41) is 6.31. The van der Waals surface area contributed by atoms with E-state index >= 15 is 0 Å². The Morgan fingerprint density at radius 1 is 1.33 bits per heavy atom. The SMILES string of the molecule is Cc1ccc(C[C@](C)(N[C@@H](CN=O)C2=CCCC=C2)C(N)=O)cc1. The second-order valence-electron chi connectivity index (χ2n) is 6.55. The molecule has 1 aromatic carbocycles. The van der Waals surface area contributed by atoms with E-state index in [4.69, 9.17) is 5.73 Å². The zero-order valence-electron chi connectivity index (χ0n) is 14.3. The van der Waals surface area contributed by atoms with Gasteiger partial charge in [-0.2, -0.15) is 4.91 Å². The molecule has 5 nitrogen and oxygen atoms in total. The van der Waals surface area contributed by atoms with Crippen LogP contribution in [0.2, 0.25) is 0 Å². The molecule has 2 rings (SSSR count). The minimum atomic E-state index is -0.962. The highest BCUT2D eigenvalue weighted by Gasteiger charge is 2.34. The van der Waals surface area contributed by atoms with Gasteiger partial charge < -0.3 is 5.73 Å². The second kappa shape index (κ2) is 8.02. The van der Waals surface area contributed by atoms with E-state index in [1.165, 1.54) is 0 Å². The predicted molar refractivity (Wildman–Crippen MR) is 96.5 cm³/mol. The second-order valence-corrected chi connectivity index (χ2v) is 6.55. The number of rotatable bonds is 8. The molecule has 128 valence electrons. The number of primary amides is 1. The van der Waals surface area contributed by atoms with Gasteiger partial charge in [-0.15, -0.1) is 0 Å². The number of benzene rings is 1. The maximum Gasteiger partial charge on any atom is 0.237 e. The van der Waals surface area contributed by atoms with Gasteiger partial charge in [-0.3, -0.25) is 10.1 Å². The zero-order valence-corrected chi connectivity index (χ0v) is 14.3. The van der Waals surface area contributed by atoms with Crippen molar-refractivity contribution in [2.45, 2.75) is 44.7 Å². The minimum absolute atomic E-state index is 0.0624. The molecule has 0 fully saturated rings. The van der Waals surface area contributed by atoms with Crippen molar-refractivity contribution in [2.24, 2.45) is 10.9 Å². The Balaban J connectivity index is 2.22. The van der Waals surface area contributed by atoms with E-state index in [2.05, 4.69) is 22.6 Å². The summed E-state index contributed by atoms with van der Waals surface area (Å²) in [6.07, 6.45) is 8.50. The fraction of sp³-hybridized carbons (Fsp3) is 0.421. The lowest BCUT2D eigenvalue weighted by Gasteiger charge is -2.33. The number of carbonyl (C=O) groups excluding carboxylic acids is 1. The number of nitrogens with one attached hydrogen (secondary N) is 1. The van der Waals surface area contributed by atoms with Gasteiger partial charge in [0.1, 0.15) is 6.54 Å². The van der Waals surface area contributed by atoms with Crippen LogP contribution in [0.1, 0.15) is 30.9 Å². The summed E-state index contributed by atoms with van der Waals surface area (Å²) in [4.78, 5) is 23.0. The van der Waals surface area contributed by atoms with E-state index in [9.17, 15) is 9.70 Å². The number of allylic oxidation sites excluding steroid dienone is 2. The van der Waals surface area contributed by atoms with Crippen LogP contribution in [0.15, 0.2) is 53.2 Å². The molecule has 0 saturated heterocycles. The minimum Gasteiger partial charge on any atom is -0.368 e. The summed E-state index contributed by atoms with van der Waals surface area (Å²) in [7, 11) is 0. The zero-order chi connectivity index (χ0) is 17.6. The molecule has 0 heterocycles. The molecule has 0 aliphatic heterocycles. The Labute approximate surface area is 143 Å². The Hall–Kier alpha value is -2.27. The Bertz CT molecular complexity index is 649. The van der Waals surface area contributed by atoms with E-state index in [0.717, 1.165) is 29.5 Å². The molecular weight excluding hydrogens is 302 g/mol. The molecule has 24 heavy (non-hydrogen) atoms. The highest BCUT2D eigenvalue weighted by atomic mass is 16.3. The lowest BCUT2D eigenvalue weighted by atomic mass is 9.89. The van der Waals surface area contributed by atoms with Crippen LogP contribution >= 0.6 is 0 Å². The van der Waals surface area contributed by atoms with Crippen molar-refractivity contribution in [2.75, 3.05) is 6.54 Å². The standard InChI is InChI=1S/C19H25N3O2/c1-14-8-10-15(11-9-14)12-19(2,18(20)23)22-17(13-21-24)16-6-4-3-5-7-16/h4,6-11,17,22H,3,5,12-13H2,1-2H3,(H2,20,23)/t17-,19-/m0/s1. The summed E-state index contributed by atoms with van der Waals surface area (Å²) >= 11 is 0. The molecule has 0 radical (unpaired) electrons. The van der Waals surface area contributed by atoms with E-state index in [1.807, 2.05) is 37.3 Å². The average Bonchev–Trinajstić information content (AvgIpc) is 2.57. The lowest BCUT2D eigenvalue weighted by Crippen LogP contribution is -2.59. The first-order valence-electron chi connectivity index (χ1n) is 8.23. The van der Waals surface area contributed by atoms with Gasteiger partial charge in [0.05, 0.1) is 11.6 Å². The van der Waals surface area contributed by atoms with Crippen LogP contribution < -0.4 is 11.1 Å². The van der Waals surface area contributed by atoms with Crippen molar-refractivity contribution in [3.63, 3.8) is 0 Å². The van der Waals surface area contributed by atoms with Crippen LogP contribution in [-0.4, -0.2) is 24.0 Å². The highest BCUT2D eigenvalue weighted by molar-refractivity contribution is 5.84. The molecule has 0 aromatic heterocycles. The molecule has 0 unspecified atom stereocenters. The van der Waals surface area contributed by atoms with Gasteiger partial charge in [-0.25, -0.2) is 0 Å². The fourth-order valence-electron chi connectivity index (χ4n) is 2.91. The van der Waals surface area contributed by atoms with E-state index in [1.54, 1.807) is 6.92 Å². The van der Waals surface area contributed by atoms with Crippen LogP contribution in [0.5, 0.6) is 0 Å². The average molecular weight is 327 g/mol. The maximum atomic E-state index is 12.1. The Kier molecular flexibility index (Phi) is 6.04. The molecule has 2 atom stereocenters. The summed E-state index contributed by atoms with van der Waals surface area (Å²) in [6.45, 7) is 3.86. The van der Waals surface area contributed by atoms with Gasteiger partial charge in [0, 0.05) is 0 Å². The van der Waals surface area contributed by atoms with Gasteiger partial charge in [0.15, 0.2) is 0 Å². The number of nitrogens with zero attached hydrogens (tertiary/aromatic N) is 1. The molecule has 0 saturated carbocycles. The molecule has 5 heteroatoms. The van der Waals surface area contributed by atoms with Crippen molar-refractivity contribution in [1.29, 1.82) is 0 Å². The number of aryl methyl sites for hydroxylation is 1. The monoisotopic (exact) mass is 327 g/mol. The van der Waals surface area contributed by atoms with Gasteiger partial charge >= 0.3 is 0 Å². The van der Waals surface area contributed by atoms with Crippen LogP contribution in [-0.2, 0) is 11.2 Å². The molecule has 1 aliphatic carbocycles. The van der Waals surface area contributed by atoms with Crippen molar-refractivity contribution in [1.82, 2.24) is 5.32 Å². The van der Waals surface area contributed by atoms with Crippen LogP contribution in [0.3, 0.4) is 0 Å². The van der Waals surface area contributed by atoms with Gasteiger partial charge in [0.2, 0.25) is 5.91 Å². The number of hydrogen-bond donors (Lipinski definition) is 2. The topological polar surface area (TPSA) is 84.6 Å². The van der Waals surface area contributed by atoms with E-state index in [0.29, 0.717) is 6.42 Å². The molecule has 1 aromatic rings. The van der Waals surface area contributed by atoms with Crippen molar-refractivity contribution in [3.05, 3.63) is 64.1 Å². The van der Waals surface area contributed by atoms with Gasteiger partial charge in [0.25, 0.3) is 0 Å². The van der Waals surface area contributed by atoms with Crippen LogP contribution in [0, 0.1) is 11.8 Å². The van der Waals surface area contributed by atoms with Crippen molar-refractivity contribution < 1.29 is 4.79 Å². The summed E-state index contributed by atoms with van der Waals surface area (Å²) in [5.41, 5.74) is 7.87. The largest absolute Gasteiger partial charge is 0.368 e. The number of nitrogens with two attached hydrogens (primary N) is 1. The summed E-state index contributed by atoms with van der Waals surface area (Å²) in [6, 6.07) is 7.68. The highest BCUT2D eigenvalue weighted by Crippen LogP contribution is 2.20. The van der Waals surface area contributed by atoms with Crippen LogP contribution in [0.25, 0.3) is 0 Å². The first-order chi connectivity index (χ1) is 11.4. The predicted octanol–water partition coefficient (Wildman–Crippen LogP) is 2.78. The Morgan fingerprint density at radius 3 is 2.58 bits per heavy atom. The Morgan fingerprint density at radius 2 is 2.04 bits per heavy atom. The summed E-state index contributed by atoms with van der Waals surface area (Å²) in [5.74, 6) is -0.445. The van der Waals surface area contributed by atoms with Crippen molar-refractivity contribution >= 4 is 5.91 Å². The molecule has 1 amide bonds. The van der Waals surface area contributed by atoms with Crippen molar-refractivity contribution in [3.8, 4) is 0 Å². The smallest absolute Gasteiger partial charge is 0.237 e. The third-order valence-electron chi connectivity index (χ3n) is 4.40. The molecule has 1 aliphatic rings. The molecule has 3 N–H and O–H groups in total. The molecular formula is C19H25N3O2. The van der Waals surface area contributed by atoms with E-state index < -0.39 is 11.4 Å². The quantitative estimate of drug-likeness (QED) is 0.720. The third kappa shape index (κ3) is 4.61. The van der Waals surface area contributed by atoms with E-state index in [-0.39, 0.29) is 12.6 Å². The van der Waals surface area contributed by atoms with Gasteiger partial charge in [-0.05, 0) is 44.2 Å². The normalized spacial score (nSPS) is 17.7. The number of amides is 1. The lowest BCUT2D eigenvalue weighted by molar-refractivity contribution is -0.124.